The van der Waals surface area contributed by atoms with Gasteiger partial charge in [0.1, 0.15) is 0 Å². The third-order valence-corrected chi connectivity index (χ3v) is 4.87. The van der Waals surface area contributed by atoms with E-state index in [9.17, 15) is 4.79 Å². The molecule has 136 valence electrons. The lowest BCUT2D eigenvalue weighted by Gasteiger charge is -2.32. The molecule has 0 bridgehead atoms. The van der Waals surface area contributed by atoms with Gasteiger partial charge >= 0.3 is 0 Å². The molecule has 0 aliphatic carbocycles. The van der Waals surface area contributed by atoms with E-state index in [2.05, 4.69) is 29.2 Å². The molecule has 0 saturated carbocycles. The van der Waals surface area contributed by atoms with Crippen LogP contribution in [0.1, 0.15) is 49.6 Å². The summed E-state index contributed by atoms with van der Waals surface area (Å²) in [6.07, 6.45) is 2.70. The van der Waals surface area contributed by atoms with Gasteiger partial charge in [-0.05, 0) is 39.2 Å². The van der Waals surface area contributed by atoms with Gasteiger partial charge in [-0.25, -0.2) is 0 Å². The Hall–Kier alpha value is -1.92. The van der Waals surface area contributed by atoms with Crippen molar-refractivity contribution in [3.63, 3.8) is 0 Å². The minimum atomic E-state index is -0.0793. The number of amides is 1. The fraction of sp³-hybridized carbons (Fsp3) is 0.579. The number of nitrogens with zero attached hydrogens (tertiary/aromatic N) is 3. The van der Waals surface area contributed by atoms with Crippen LogP contribution in [0.5, 0.6) is 0 Å². The lowest BCUT2D eigenvalue weighted by molar-refractivity contribution is 0.0905. The van der Waals surface area contributed by atoms with Crippen molar-refractivity contribution in [2.45, 2.75) is 45.2 Å². The third-order valence-electron chi connectivity index (χ3n) is 4.87. The summed E-state index contributed by atoms with van der Waals surface area (Å²) in [6, 6.07) is 8.31. The number of rotatable bonds is 6. The molecule has 0 atom stereocenters. The SMILES string of the molecule is CC(C)n1nc(C(=O)NC2CCN(CCCO)CC2)c2ccccc21. The highest BCUT2D eigenvalue weighted by atomic mass is 16.3. The van der Waals surface area contributed by atoms with Crippen LogP contribution in [-0.2, 0) is 0 Å². The van der Waals surface area contributed by atoms with Gasteiger partial charge in [-0.15, -0.1) is 0 Å². The number of carbonyl (C=O) groups is 1. The molecule has 1 aromatic carbocycles. The maximum Gasteiger partial charge on any atom is 0.272 e. The molecule has 1 amide bonds. The second-order valence-corrected chi connectivity index (χ2v) is 7.07. The smallest absolute Gasteiger partial charge is 0.272 e. The first-order valence-electron chi connectivity index (χ1n) is 9.21. The van der Waals surface area contributed by atoms with Gasteiger partial charge in [0, 0.05) is 43.7 Å². The number of likely N-dealkylation sites (tertiary alicyclic amines) is 1. The molecule has 1 aliphatic rings. The van der Waals surface area contributed by atoms with Gasteiger partial charge < -0.3 is 15.3 Å². The molecular weight excluding hydrogens is 316 g/mol. The van der Waals surface area contributed by atoms with Gasteiger partial charge in [0.15, 0.2) is 5.69 Å². The fourth-order valence-electron chi connectivity index (χ4n) is 3.50. The zero-order valence-corrected chi connectivity index (χ0v) is 15.1. The first-order chi connectivity index (χ1) is 12.1. The molecule has 1 aliphatic heterocycles. The molecule has 1 saturated heterocycles. The molecule has 2 aromatic rings. The van der Waals surface area contributed by atoms with Crippen LogP contribution in [0.3, 0.4) is 0 Å². The Morgan fingerprint density at radius 1 is 1.32 bits per heavy atom. The van der Waals surface area contributed by atoms with Gasteiger partial charge in [-0.3, -0.25) is 9.48 Å². The number of fused-ring (bicyclic) bond motifs is 1. The maximum atomic E-state index is 12.8. The molecule has 0 spiro atoms. The van der Waals surface area contributed by atoms with Crippen molar-refractivity contribution in [1.82, 2.24) is 20.0 Å². The molecule has 3 rings (SSSR count). The maximum absolute atomic E-state index is 12.8. The summed E-state index contributed by atoms with van der Waals surface area (Å²) < 4.78 is 1.92. The Labute approximate surface area is 148 Å². The van der Waals surface area contributed by atoms with Crippen LogP contribution in [0.25, 0.3) is 10.9 Å². The molecular formula is C19H28N4O2. The monoisotopic (exact) mass is 344 g/mol. The number of nitrogens with one attached hydrogen (secondary N) is 1. The highest BCUT2D eigenvalue weighted by Crippen LogP contribution is 2.22. The molecule has 1 fully saturated rings. The average molecular weight is 344 g/mol. The summed E-state index contributed by atoms with van der Waals surface area (Å²) in [7, 11) is 0. The van der Waals surface area contributed by atoms with Crippen LogP contribution in [0, 0.1) is 0 Å². The normalized spacial score (nSPS) is 16.6. The van der Waals surface area contributed by atoms with Crippen molar-refractivity contribution in [1.29, 1.82) is 0 Å². The molecule has 6 heteroatoms. The summed E-state index contributed by atoms with van der Waals surface area (Å²) in [5, 5.41) is 17.6. The van der Waals surface area contributed by atoms with E-state index in [0.717, 1.165) is 49.8 Å². The van der Waals surface area contributed by atoms with Crippen molar-refractivity contribution >= 4 is 16.8 Å². The first-order valence-corrected chi connectivity index (χ1v) is 9.21. The molecule has 2 N–H and O–H groups in total. The topological polar surface area (TPSA) is 70.4 Å². The zero-order valence-electron chi connectivity index (χ0n) is 15.1. The Kier molecular flexibility index (Phi) is 5.71. The molecule has 0 radical (unpaired) electrons. The zero-order chi connectivity index (χ0) is 17.8. The van der Waals surface area contributed by atoms with Crippen LogP contribution < -0.4 is 5.32 Å². The minimum Gasteiger partial charge on any atom is -0.396 e. The summed E-state index contributed by atoms with van der Waals surface area (Å²) in [6.45, 7) is 7.24. The summed E-state index contributed by atoms with van der Waals surface area (Å²) in [5.74, 6) is -0.0793. The number of aliphatic hydroxyl groups is 1. The molecule has 6 nitrogen and oxygen atoms in total. The van der Waals surface area contributed by atoms with Crippen molar-refractivity contribution in [3.05, 3.63) is 30.0 Å². The van der Waals surface area contributed by atoms with E-state index in [1.807, 2.05) is 28.9 Å². The van der Waals surface area contributed by atoms with E-state index in [-0.39, 0.29) is 24.6 Å². The highest BCUT2D eigenvalue weighted by Gasteiger charge is 2.24. The fourth-order valence-corrected chi connectivity index (χ4v) is 3.50. The first kappa shape index (κ1) is 17.9. The molecule has 0 unspecified atom stereocenters. The number of hydrogen-bond donors (Lipinski definition) is 2. The van der Waals surface area contributed by atoms with Gasteiger partial charge in [-0.2, -0.15) is 5.10 Å². The van der Waals surface area contributed by atoms with Crippen LogP contribution in [0.4, 0.5) is 0 Å². The van der Waals surface area contributed by atoms with E-state index >= 15 is 0 Å². The number of benzene rings is 1. The van der Waals surface area contributed by atoms with E-state index in [1.165, 1.54) is 0 Å². The lowest BCUT2D eigenvalue weighted by Crippen LogP contribution is -2.45. The summed E-state index contributed by atoms with van der Waals surface area (Å²) >= 11 is 0. The van der Waals surface area contributed by atoms with Gasteiger partial charge in [0.25, 0.3) is 5.91 Å². The number of carbonyl (C=O) groups excluding carboxylic acids is 1. The second-order valence-electron chi connectivity index (χ2n) is 7.07. The van der Waals surface area contributed by atoms with Crippen molar-refractivity contribution in [2.24, 2.45) is 0 Å². The minimum absolute atomic E-state index is 0.0793. The molecule has 1 aromatic heterocycles. The van der Waals surface area contributed by atoms with Gasteiger partial charge in [0.2, 0.25) is 0 Å². The van der Waals surface area contributed by atoms with Crippen LogP contribution in [0.15, 0.2) is 24.3 Å². The van der Waals surface area contributed by atoms with Crippen LogP contribution in [0.2, 0.25) is 0 Å². The number of aromatic nitrogens is 2. The Morgan fingerprint density at radius 3 is 2.72 bits per heavy atom. The standard InChI is InChI=1S/C19H28N4O2/c1-14(2)23-17-7-4-3-6-16(17)18(21-23)19(25)20-15-8-11-22(12-9-15)10-5-13-24/h3-4,6-7,14-15,24H,5,8-13H2,1-2H3,(H,20,25). The van der Waals surface area contributed by atoms with Gasteiger partial charge in [0.05, 0.1) is 5.52 Å². The number of hydrogen-bond acceptors (Lipinski definition) is 4. The summed E-state index contributed by atoms with van der Waals surface area (Å²) in [4.78, 5) is 15.1. The Bertz CT molecular complexity index is 717. The quantitative estimate of drug-likeness (QED) is 0.843. The van der Waals surface area contributed by atoms with Crippen LogP contribution >= 0.6 is 0 Å². The largest absolute Gasteiger partial charge is 0.396 e. The molecule has 2 heterocycles. The van der Waals surface area contributed by atoms with E-state index in [0.29, 0.717) is 5.69 Å². The predicted molar refractivity (Wildman–Crippen MR) is 98.7 cm³/mol. The Balaban J connectivity index is 1.67. The lowest BCUT2D eigenvalue weighted by atomic mass is 10.0. The van der Waals surface area contributed by atoms with Crippen molar-refractivity contribution < 1.29 is 9.90 Å². The van der Waals surface area contributed by atoms with E-state index < -0.39 is 0 Å². The molecule has 25 heavy (non-hydrogen) atoms. The van der Waals surface area contributed by atoms with Crippen molar-refractivity contribution in [2.75, 3.05) is 26.2 Å². The van der Waals surface area contributed by atoms with E-state index in [1.54, 1.807) is 0 Å². The van der Waals surface area contributed by atoms with E-state index in [4.69, 9.17) is 5.11 Å². The third kappa shape index (κ3) is 4.02. The predicted octanol–water partition coefficient (Wildman–Crippen LogP) is 2.19. The number of aliphatic hydroxyl groups excluding tert-OH is 1. The Morgan fingerprint density at radius 2 is 2.04 bits per heavy atom. The van der Waals surface area contributed by atoms with Crippen LogP contribution in [-0.4, -0.2) is 58.0 Å². The summed E-state index contributed by atoms with van der Waals surface area (Å²) in [5.41, 5.74) is 1.52. The number of piperidine rings is 1. The van der Waals surface area contributed by atoms with Gasteiger partial charge in [-0.1, -0.05) is 18.2 Å². The van der Waals surface area contributed by atoms with Crippen molar-refractivity contribution in [3.8, 4) is 0 Å². The second kappa shape index (κ2) is 7.97. The average Bonchev–Trinajstić information content (AvgIpc) is 3.01. The highest BCUT2D eigenvalue weighted by molar-refractivity contribution is 6.05. The number of para-hydroxylation sites is 1.